The van der Waals surface area contributed by atoms with Gasteiger partial charge in [0.1, 0.15) is 0 Å². The summed E-state index contributed by atoms with van der Waals surface area (Å²) in [5, 5.41) is 4.16. The number of benzene rings is 1. The SMILES string of the molecule is CCCCc1noc(CN(CCC)C2CCCN(Cc3ccccc3)C2)n1. The number of unbranched alkanes of at least 4 members (excludes halogenated alkanes) is 1. The van der Waals surface area contributed by atoms with Gasteiger partial charge in [-0.1, -0.05) is 55.8 Å². The van der Waals surface area contributed by atoms with Crippen LogP contribution >= 0.6 is 0 Å². The fourth-order valence-electron chi connectivity index (χ4n) is 3.96. The van der Waals surface area contributed by atoms with Gasteiger partial charge in [0.2, 0.25) is 5.89 Å². The van der Waals surface area contributed by atoms with Gasteiger partial charge in [-0.05, 0) is 44.3 Å². The Bertz CT molecular complexity index is 657. The molecule has 5 nitrogen and oxygen atoms in total. The van der Waals surface area contributed by atoms with Crippen molar-refractivity contribution < 1.29 is 4.52 Å². The lowest BCUT2D eigenvalue weighted by Gasteiger charge is -2.39. The third kappa shape index (κ3) is 6.15. The van der Waals surface area contributed by atoms with Gasteiger partial charge >= 0.3 is 0 Å². The molecule has 148 valence electrons. The molecule has 1 unspecified atom stereocenters. The van der Waals surface area contributed by atoms with E-state index in [0.29, 0.717) is 6.04 Å². The highest BCUT2D eigenvalue weighted by molar-refractivity contribution is 5.14. The van der Waals surface area contributed by atoms with Gasteiger partial charge < -0.3 is 4.52 Å². The Morgan fingerprint density at radius 2 is 2.04 bits per heavy atom. The van der Waals surface area contributed by atoms with Crippen LogP contribution in [0.3, 0.4) is 0 Å². The maximum Gasteiger partial charge on any atom is 0.240 e. The van der Waals surface area contributed by atoms with E-state index >= 15 is 0 Å². The smallest absolute Gasteiger partial charge is 0.240 e. The fraction of sp³-hybridized carbons (Fsp3) is 0.636. The standard InChI is InChI=1S/C22H34N4O/c1-3-5-13-21-23-22(27-24-21)18-26(14-4-2)20-12-9-15-25(17-20)16-19-10-7-6-8-11-19/h6-8,10-11,20H,3-5,9,12-18H2,1-2H3. The van der Waals surface area contributed by atoms with Crippen LogP contribution in [0.25, 0.3) is 0 Å². The zero-order valence-corrected chi connectivity index (χ0v) is 16.9. The number of rotatable bonds is 10. The molecular formula is C22H34N4O. The molecule has 1 aromatic heterocycles. The summed E-state index contributed by atoms with van der Waals surface area (Å²) in [4.78, 5) is 9.76. The van der Waals surface area contributed by atoms with Gasteiger partial charge in [-0.2, -0.15) is 4.98 Å². The fourth-order valence-corrected chi connectivity index (χ4v) is 3.96. The molecule has 1 saturated heterocycles. The van der Waals surface area contributed by atoms with E-state index in [1.165, 1.54) is 24.9 Å². The van der Waals surface area contributed by atoms with Crippen molar-refractivity contribution in [3.05, 3.63) is 47.6 Å². The predicted molar refractivity (Wildman–Crippen MR) is 108 cm³/mol. The van der Waals surface area contributed by atoms with Crippen LogP contribution in [-0.4, -0.2) is 45.6 Å². The maximum absolute atomic E-state index is 5.54. The first-order chi connectivity index (χ1) is 13.3. The molecule has 1 aliphatic heterocycles. The van der Waals surface area contributed by atoms with Crippen molar-refractivity contribution in [1.29, 1.82) is 0 Å². The Kier molecular flexibility index (Phi) is 7.84. The Balaban J connectivity index is 1.58. The molecule has 1 aromatic carbocycles. The topological polar surface area (TPSA) is 45.4 Å². The molecule has 0 spiro atoms. The predicted octanol–water partition coefficient (Wildman–Crippen LogP) is 4.29. The summed E-state index contributed by atoms with van der Waals surface area (Å²) in [7, 11) is 0. The minimum atomic E-state index is 0.563. The summed E-state index contributed by atoms with van der Waals surface area (Å²) < 4.78 is 5.54. The van der Waals surface area contributed by atoms with Crippen LogP contribution in [0.4, 0.5) is 0 Å². The van der Waals surface area contributed by atoms with Crippen molar-refractivity contribution >= 4 is 0 Å². The van der Waals surface area contributed by atoms with Crippen LogP contribution in [-0.2, 0) is 19.5 Å². The molecular weight excluding hydrogens is 336 g/mol. The van der Waals surface area contributed by atoms with Crippen molar-refractivity contribution in [1.82, 2.24) is 19.9 Å². The molecule has 0 aliphatic carbocycles. The van der Waals surface area contributed by atoms with Crippen LogP contribution in [0, 0.1) is 0 Å². The van der Waals surface area contributed by atoms with Crippen molar-refractivity contribution in [2.24, 2.45) is 0 Å². The van der Waals surface area contributed by atoms with Crippen molar-refractivity contribution in [3.63, 3.8) is 0 Å². The van der Waals surface area contributed by atoms with Crippen LogP contribution in [0.15, 0.2) is 34.9 Å². The number of nitrogens with zero attached hydrogens (tertiary/aromatic N) is 4. The minimum Gasteiger partial charge on any atom is -0.338 e. The van der Waals surface area contributed by atoms with Crippen LogP contribution in [0.1, 0.15) is 63.2 Å². The first-order valence-corrected chi connectivity index (χ1v) is 10.6. The number of hydrogen-bond acceptors (Lipinski definition) is 5. The van der Waals surface area contributed by atoms with E-state index < -0.39 is 0 Å². The molecule has 27 heavy (non-hydrogen) atoms. The lowest BCUT2D eigenvalue weighted by atomic mass is 10.0. The summed E-state index contributed by atoms with van der Waals surface area (Å²) in [5.74, 6) is 1.63. The molecule has 3 rings (SSSR count). The normalized spacial score (nSPS) is 18.3. The van der Waals surface area contributed by atoms with Gasteiger partial charge in [0.15, 0.2) is 5.82 Å². The van der Waals surface area contributed by atoms with Gasteiger partial charge in [-0.25, -0.2) is 0 Å². The molecule has 0 bridgehead atoms. The number of aryl methyl sites for hydroxylation is 1. The number of likely N-dealkylation sites (tertiary alicyclic amines) is 1. The first-order valence-electron chi connectivity index (χ1n) is 10.6. The van der Waals surface area contributed by atoms with Crippen molar-refractivity contribution in [3.8, 4) is 0 Å². The average Bonchev–Trinajstić information content (AvgIpc) is 3.14. The third-order valence-corrected chi connectivity index (χ3v) is 5.36. The third-order valence-electron chi connectivity index (χ3n) is 5.36. The van der Waals surface area contributed by atoms with E-state index in [2.05, 4.69) is 64.1 Å². The highest BCUT2D eigenvalue weighted by Gasteiger charge is 2.26. The second-order valence-electron chi connectivity index (χ2n) is 7.70. The monoisotopic (exact) mass is 370 g/mol. The van der Waals surface area contributed by atoms with E-state index in [1.807, 2.05) is 0 Å². The van der Waals surface area contributed by atoms with Gasteiger partial charge in [0.25, 0.3) is 0 Å². The van der Waals surface area contributed by atoms with Crippen molar-refractivity contribution in [2.75, 3.05) is 19.6 Å². The number of piperidine rings is 1. The Labute approximate surface area is 163 Å². The summed E-state index contributed by atoms with van der Waals surface area (Å²) in [6.07, 6.45) is 6.85. The molecule has 2 heterocycles. The Morgan fingerprint density at radius 1 is 1.19 bits per heavy atom. The van der Waals surface area contributed by atoms with E-state index in [1.54, 1.807) is 0 Å². The first kappa shape index (κ1) is 20.0. The molecule has 0 amide bonds. The summed E-state index contributed by atoms with van der Waals surface area (Å²) in [6.45, 7) is 9.64. The van der Waals surface area contributed by atoms with E-state index in [4.69, 9.17) is 4.52 Å². The van der Waals surface area contributed by atoms with Crippen LogP contribution in [0.2, 0.25) is 0 Å². The number of aromatic nitrogens is 2. The quantitative estimate of drug-likeness (QED) is 0.624. The second-order valence-corrected chi connectivity index (χ2v) is 7.70. The lowest BCUT2D eigenvalue weighted by molar-refractivity contribution is 0.0796. The second kappa shape index (κ2) is 10.6. The lowest BCUT2D eigenvalue weighted by Crippen LogP contribution is -2.47. The van der Waals surface area contributed by atoms with Crippen LogP contribution < -0.4 is 0 Å². The molecule has 1 atom stereocenters. The van der Waals surface area contributed by atoms with Crippen LogP contribution in [0.5, 0.6) is 0 Å². The highest BCUT2D eigenvalue weighted by atomic mass is 16.5. The largest absolute Gasteiger partial charge is 0.338 e. The maximum atomic E-state index is 5.54. The summed E-state index contributed by atoms with van der Waals surface area (Å²) >= 11 is 0. The molecule has 0 radical (unpaired) electrons. The van der Waals surface area contributed by atoms with E-state index in [0.717, 1.165) is 63.6 Å². The summed E-state index contributed by atoms with van der Waals surface area (Å²) in [6, 6.07) is 11.4. The van der Waals surface area contributed by atoms with Gasteiger partial charge in [0, 0.05) is 25.6 Å². The van der Waals surface area contributed by atoms with Crippen molar-refractivity contribution in [2.45, 2.75) is 71.5 Å². The van der Waals surface area contributed by atoms with Gasteiger partial charge in [-0.15, -0.1) is 0 Å². The summed E-state index contributed by atoms with van der Waals surface area (Å²) in [5.41, 5.74) is 1.40. The molecule has 0 saturated carbocycles. The average molecular weight is 371 g/mol. The molecule has 1 fully saturated rings. The van der Waals surface area contributed by atoms with E-state index in [-0.39, 0.29) is 0 Å². The Hall–Kier alpha value is -1.72. The van der Waals surface area contributed by atoms with Gasteiger partial charge in [-0.3, -0.25) is 9.80 Å². The highest BCUT2D eigenvalue weighted by Crippen LogP contribution is 2.20. The van der Waals surface area contributed by atoms with Gasteiger partial charge in [0.05, 0.1) is 6.54 Å². The zero-order chi connectivity index (χ0) is 18.9. The molecule has 0 N–H and O–H groups in total. The zero-order valence-electron chi connectivity index (χ0n) is 16.9. The number of hydrogen-bond donors (Lipinski definition) is 0. The minimum absolute atomic E-state index is 0.563. The molecule has 1 aliphatic rings. The molecule has 5 heteroatoms. The van der Waals surface area contributed by atoms with E-state index in [9.17, 15) is 0 Å². The Morgan fingerprint density at radius 3 is 2.81 bits per heavy atom. The molecule has 2 aromatic rings.